The van der Waals surface area contributed by atoms with Crippen LogP contribution in [0.3, 0.4) is 0 Å². The lowest BCUT2D eigenvalue weighted by Gasteiger charge is -2.29. The van der Waals surface area contributed by atoms with Gasteiger partial charge in [0.1, 0.15) is 5.69 Å². The minimum atomic E-state index is 0.00611. The van der Waals surface area contributed by atoms with Gasteiger partial charge in [0, 0.05) is 12.2 Å². The molecule has 1 aromatic heterocycles. The van der Waals surface area contributed by atoms with Crippen molar-refractivity contribution in [1.82, 2.24) is 9.78 Å². The van der Waals surface area contributed by atoms with E-state index in [1.807, 2.05) is 66.4 Å². The Bertz CT molecular complexity index is 883. The topological polar surface area (TPSA) is 38.1 Å². The number of anilines is 1. The number of fused-ring (bicyclic) bond motifs is 1. The van der Waals surface area contributed by atoms with Crippen LogP contribution >= 0.6 is 0 Å². The lowest BCUT2D eigenvalue weighted by atomic mass is 10.0. The number of benzene rings is 2. The monoisotopic (exact) mass is 317 g/mol. The highest BCUT2D eigenvalue weighted by atomic mass is 16.2. The van der Waals surface area contributed by atoms with E-state index in [2.05, 4.69) is 11.2 Å². The molecular formula is C20H19N3O. The van der Waals surface area contributed by atoms with E-state index in [4.69, 9.17) is 0 Å². The van der Waals surface area contributed by atoms with Gasteiger partial charge in [0.2, 0.25) is 0 Å². The molecule has 4 nitrogen and oxygen atoms in total. The standard InChI is InChI=1S/C20H19N3O/c1-15-14-19(23(21-15)17-10-3-2-4-11-17)20(24)22-13-7-9-16-8-5-6-12-18(16)22/h2-6,8,10-12,14H,7,9,13H2,1H3. The maximum Gasteiger partial charge on any atom is 0.277 e. The quantitative estimate of drug-likeness (QED) is 0.721. The average Bonchev–Trinajstić information content (AvgIpc) is 3.03. The highest BCUT2D eigenvalue weighted by Gasteiger charge is 2.26. The summed E-state index contributed by atoms with van der Waals surface area (Å²) >= 11 is 0. The summed E-state index contributed by atoms with van der Waals surface area (Å²) in [5.41, 5.74) is 4.61. The predicted octanol–water partition coefficient (Wildman–Crippen LogP) is 3.77. The van der Waals surface area contributed by atoms with E-state index in [1.54, 1.807) is 4.68 Å². The molecule has 3 aromatic rings. The number of rotatable bonds is 2. The maximum absolute atomic E-state index is 13.2. The molecule has 0 saturated heterocycles. The molecule has 4 rings (SSSR count). The van der Waals surface area contributed by atoms with Crippen molar-refractivity contribution in [2.75, 3.05) is 11.4 Å². The molecule has 1 aliphatic rings. The third-order valence-corrected chi connectivity index (χ3v) is 4.41. The molecule has 0 radical (unpaired) electrons. The number of carbonyl (C=O) groups is 1. The molecule has 24 heavy (non-hydrogen) atoms. The normalized spacial score (nSPS) is 13.6. The summed E-state index contributed by atoms with van der Waals surface area (Å²) in [6.07, 6.45) is 2.01. The number of amides is 1. The Morgan fingerprint density at radius 1 is 1.04 bits per heavy atom. The average molecular weight is 317 g/mol. The van der Waals surface area contributed by atoms with Crippen LogP contribution in [0, 0.1) is 6.92 Å². The molecule has 0 aliphatic carbocycles. The molecule has 0 atom stereocenters. The van der Waals surface area contributed by atoms with Crippen molar-refractivity contribution in [2.24, 2.45) is 0 Å². The van der Waals surface area contributed by atoms with Crippen molar-refractivity contribution < 1.29 is 4.79 Å². The second kappa shape index (κ2) is 5.96. The van der Waals surface area contributed by atoms with Gasteiger partial charge in [0.05, 0.1) is 11.4 Å². The number of aryl methyl sites for hydroxylation is 2. The zero-order chi connectivity index (χ0) is 16.5. The fourth-order valence-corrected chi connectivity index (χ4v) is 3.30. The summed E-state index contributed by atoms with van der Waals surface area (Å²) in [7, 11) is 0. The van der Waals surface area contributed by atoms with E-state index in [-0.39, 0.29) is 5.91 Å². The van der Waals surface area contributed by atoms with Crippen LogP contribution < -0.4 is 4.90 Å². The van der Waals surface area contributed by atoms with E-state index in [1.165, 1.54) is 5.56 Å². The summed E-state index contributed by atoms with van der Waals surface area (Å²) in [6.45, 7) is 2.66. The molecule has 0 saturated carbocycles. The number of carbonyl (C=O) groups excluding carboxylic acids is 1. The minimum absolute atomic E-state index is 0.00611. The Kier molecular flexibility index (Phi) is 3.65. The molecule has 0 spiro atoms. The molecular weight excluding hydrogens is 298 g/mol. The Morgan fingerprint density at radius 2 is 1.79 bits per heavy atom. The van der Waals surface area contributed by atoms with Crippen molar-refractivity contribution >= 4 is 11.6 Å². The molecule has 1 amide bonds. The van der Waals surface area contributed by atoms with E-state index in [0.717, 1.165) is 36.5 Å². The van der Waals surface area contributed by atoms with Gasteiger partial charge < -0.3 is 4.90 Å². The van der Waals surface area contributed by atoms with Crippen molar-refractivity contribution in [2.45, 2.75) is 19.8 Å². The number of para-hydroxylation sites is 2. The van der Waals surface area contributed by atoms with Crippen LogP contribution in [0.2, 0.25) is 0 Å². The first-order chi connectivity index (χ1) is 11.7. The van der Waals surface area contributed by atoms with E-state index < -0.39 is 0 Å². The van der Waals surface area contributed by atoms with Crippen molar-refractivity contribution in [1.29, 1.82) is 0 Å². The van der Waals surface area contributed by atoms with Crippen LogP contribution in [0.4, 0.5) is 5.69 Å². The van der Waals surface area contributed by atoms with Gasteiger partial charge in [-0.15, -0.1) is 0 Å². The molecule has 120 valence electrons. The zero-order valence-electron chi connectivity index (χ0n) is 13.6. The van der Waals surface area contributed by atoms with Gasteiger partial charge in [0.15, 0.2) is 0 Å². The number of nitrogens with zero attached hydrogens (tertiary/aromatic N) is 3. The summed E-state index contributed by atoms with van der Waals surface area (Å²) in [5.74, 6) is 0.00611. The van der Waals surface area contributed by atoms with Gasteiger partial charge in [-0.3, -0.25) is 4.79 Å². The van der Waals surface area contributed by atoms with Crippen LogP contribution in [0.25, 0.3) is 5.69 Å². The zero-order valence-corrected chi connectivity index (χ0v) is 13.6. The van der Waals surface area contributed by atoms with Gasteiger partial charge in [-0.25, -0.2) is 4.68 Å². The van der Waals surface area contributed by atoms with Crippen LogP contribution in [0.5, 0.6) is 0 Å². The molecule has 0 unspecified atom stereocenters. The largest absolute Gasteiger partial charge is 0.307 e. The summed E-state index contributed by atoms with van der Waals surface area (Å²) in [5, 5.41) is 4.52. The number of aromatic nitrogens is 2. The van der Waals surface area contributed by atoms with Crippen LogP contribution in [-0.2, 0) is 6.42 Å². The van der Waals surface area contributed by atoms with Crippen LogP contribution in [0.15, 0.2) is 60.7 Å². The lowest BCUT2D eigenvalue weighted by molar-refractivity contribution is 0.0977. The van der Waals surface area contributed by atoms with Gasteiger partial charge >= 0.3 is 0 Å². The van der Waals surface area contributed by atoms with Gasteiger partial charge in [-0.1, -0.05) is 36.4 Å². The van der Waals surface area contributed by atoms with E-state index in [9.17, 15) is 4.79 Å². The summed E-state index contributed by atoms with van der Waals surface area (Å²) in [4.78, 5) is 15.1. The highest BCUT2D eigenvalue weighted by molar-refractivity contribution is 6.06. The Hall–Kier alpha value is -2.88. The highest BCUT2D eigenvalue weighted by Crippen LogP contribution is 2.28. The van der Waals surface area contributed by atoms with Crippen LogP contribution in [-0.4, -0.2) is 22.2 Å². The van der Waals surface area contributed by atoms with Crippen LogP contribution in [0.1, 0.15) is 28.2 Å². The molecule has 2 heterocycles. The SMILES string of the molecule is Cc1cc(C(=O)N2CCCc3ccccc32)n(-c2ccccc2)n1. The molecule has 2 aromatic carbocycles. The maximum atomic E-state index is 13.2. The Balaban J connectivity index is 1.77. The van der Waals surface area contributed by atoms with Gasteiger partial charge in [-0.2, -0.15) is 5.10 Å². The Morgan fingerprint density at radius 3 is 2.62 bits per heavy atom. The second-order valence-electron chi connectivity index (χ2n) is 6.11. The molecule has 1 aliphatic heterocycles. The van der Waals surface area contributed by atoms with Gasteiger partial charge in [-0.05, 0) is 49.6 Å². The molecule has 0 fully saturated rings. The first kappa shape index (κ1) is 14.7. The lowest BCUT2D eigenvalue weighted by Crippen LogP contribution is -2.36. The van der Waals surface area contributed by atoms with Crippen molar-refractivity contribution in [3.8, 4) is 5.69 Å². The minimum Gasteiger partial charge on any atom is -0.307 e. The third kappa shape index (κ3) is 2.50. The first-order valence-corrected chi connectivity index (χ1v) is 8.26. The summed E-state index contributed by atoms with van der Waals surface area (Å²) < 4.78 is 1.74. The summed E-state index contributed by atoms with van der Waals surface area (Å²) in [6, 6.07) is 19.8. The smallest absolute Gasteiger partial charge is 0.277 e. The van der Waals surface area contributed by atoms with Gasteiger partial charge in [0.25, 0.3) is 5.91 Å². The fraction of sp³-hybridized carbons (Fsp3) is 0.200. The first-order valence-electron chi connectivity index (χ1n) is 8.26. The number of hydrogen-bond donors (Lipinski definition) is 0. The number of hydrogen-bond acceptors (Lipinski definition) is 2. The predicted molar refractivity (Wildman–Crippen MR) is 94.7 cm³/mol. The van der Waals surface area contributed by atoms with E-state index >= 15 is 0 Å². The molecule has 0 N–H and O–H groups in total. The Labute approximate surface area is 141 Å². The van der Waals surface area contributed by atoms with Crippen molar-refractivity contribution in [3.05, 3.63) is 77.6 Å². The fourth-order valence-electron chi connectivity index (χ4n) is 3.30. The second-order valence-corrected chi connectivity index (χ2v) is 6.11. The third-order valence-electron chi connectivity index (χ3n) is 4.41. The molecule has 0 bridgehead atoms. The van der Waals surface area contributed by atoms with Crippen molar-refractivity contribution in [3.63, 3.8) is 0 Å². The molecule has 4 heteroatoms. The van der Waals surface area contributed by atoms with E-state index in [0.29, 0.717) is 5.69 Å².